The number of piperidine rings is 1. The number of hydrogen-bond donors (Lipinski definition) is 1. The molecule has 0 spiro atoms. The topological polar surface area (TPSA) is 54.5 Å². The number of carbonyl (C=O) groups excluding carboxylic acids is 1. The molecule has 1 N–H and O–H groups in total. The quantitative estimate of drug-likeness (QED) is 0.894. The number of nitrogens with one attached hydrogen (secondary N) is 1. The van der Waals surface area contributed by atoms with Crippen LogP contribution in [0.1, 0.15) is 30.3 Å². The van der Waals surface area contributed by atoms with Crippen LogP contribution >= 0.6 is 0 Å². The highest BCUT2D eigenvalue weighted by Gasteiger charge is 2.24. The second kappa shape index (κ2) is 7.24. The van der Waals surface area contributed by atoms with Crippen LogP contribution in [0.25, 0.3) is 0 Å². The highest BCUT2D eigenvalue weighted by Crippen LogP contribution is 2.19. The Morgan fingerprint density at radius 1 is 1.45 bits per heavy atom. The van der Waals surface area contributed by atoms with Crippen LogP contribution in [0.5, 0.6) is 0 Å². The number of nitrogens with zero attached hydrogens (tertiary/aromatic N) is 2. The molecule has 2 heterocycles. The van der Waals surface area contributed by atoms with Gasteiger partial charge in [0.05, 0.1) is 11.9 Å². The minimum atomic E-state index is 0.0314. The van der Waals surface area contributed by atoms with Crippen molar-refractivity contribution in [2.75, 3.05) is 38.7 Å². The average Bonchev–Trinajstić information content (AvgIpc) is 2.49. The van der Waals surface area contributed by atoms with Gasteiger partial charge in [-0.25, -0.2) is 4.98 Å². The second-order valence-electron chi connectivity index (χ2n) is 5.15. The van der Waals surface area contributed by atoms with E-state index < -0.39 is 0 Å². The van der Waals surface area contributed by atoms with E-state index in [0.717, 1.165) is 44.8 Å². The second-order valence-corrected chi connectivity index (χ2v) is 5.15. The maximum Gasteiger partial charge on any atom is 0.272 e. The monoisotopic (exact) mass is 277 g/mol. The molecule has 0 aliphatic carbocycles. The van der Waals surface area contributed by atoms with Crippen LogP contribution in [0.4, 0.5) is 5.69 Å². The number of amides is 1. The van der Waals surface area contributed by atoms with E-state index in [4.69, 9.17) is 4.74 Å². The summed E-state index contributed by atoms with van der Waals surface area (Å²) in [4.78, 5) is 18.5. The molecular weight excluding hydrogens is 254 g/mol. The van der Waals surface area contributed by atoms with Gasteiger partial charge in [0.25, 0.3) is 5.91 Å². The summed E-state index contributed by atoms with van der Waals surface area (Å²) in [5.41, 5.74) is 1.47. The summed E-state index contributed by atoms with van der Waals surface area (Å²) in [6.45, 7) is 5.26. The van der Waals surface area contributed by atoms with Crippen LogP contribution in [0.15, 0.2) is 18.3 Å². The van der Waals surface area contributed by atoms with Crippen LogP contribution in [0.2, 0.25) is 0 Å². The number of rotatable bonds is 5. The third kappa shape index (κ3) is 3.70. The van der Waals surface area contributed by atoms with Gasteiger partial charge < -0.3 is 15.0 Å². The van der Waals surface area contributed by atoms with E-state index in [9.17, 15) is 4.79 Å². The molecule has 1 aliphatic heterocycles. The van der Waals surface area contributed by atoms with Crippen molar-refractivity contribution < 1.29 is 9.53 Å². The Bertz CT molecular complexity index is 425. The first-order chi connectivity index (χ1) is 9.74. The normalized spacial score (nSPS) is 16.2. The van der Waals surface area contributed by atoms with Crippen LogP contribution in [0, 0.1) is 5.92 Å². The number of hydrogen-bond acceptors (Lipinski definition) is 4. The van der Waals surface area contributed by atoms with E-state index in [1.807, 2.05) is 17.9 Å². The molecule has 0 radical (unpaired) electrons. The molecule has 20 heavy (non-hydrogen) atoms. The standard InChI is InChI=1S/C15H23N3O2/c1-3-16-13-4-5-14(17-10-13)15(19)18-8-6-12(7-9-18)11-20-2/h4-5,10,12,16H,3,6-9,11H2,1-2H3. The van der Waals surface area contributed by atoms with Crippen LogP contribution in [-0.2, 0) is 4.74 Å². The molecule has 1 saturated heterocycles. The number of aromatic nitrogens is 1. The van der Waals surface area contributed by atoms with Crippen LogP contribution in [-0.4, -0.2) is 49.1 Å². The van der Waals surface area contributed by atoms with Gasteiger partial charge in [-0.3, -0.25) is 4.79 Å². The van der Waals surface area contributed by atoms with Gasteiger partial charge in [-0.1, -0.05) is 0 Å². The smallest absolute Gasteiger partial charge is 0.272 e. The van der Waals surface area contributed by atoms with Gasteiger partial charge in [0.1, 0.15) is 5.69 Å². The first kappa shape index (κ1) is 14.8. The number of pyridine rings is 1. The zero-order chi connectivity index (χ0) is 14.4. The average molecular weight is 277 g/mol. The molecule has 1 aliphatic rings. The van der Waals surface area contributed by atoms with Gasteiger partial charge in [0.15, 0.2) is 0 Å². The van der Waals surface area contributed by atoms with Gasteiger partial charge in [0.2, 0.25) is 0 Å². The highest BCUT2D eigenvalue weighted by molar-refractivity contribution is 5.92. The molecule has 1 aromatic rings. The van der Waals surface area contributed by atoms with Gasteiger partial charge in [-0.05, 0) is 37.8 Å². The summed E-state index contributed by atoms with van der Waals surface area (Å²) in [6.07, 6.45) is 3.73. The van der Waals surface area contributed by atoms with Crippen molar-refractivity contribution in [1.29, 1.82) is 0 Å². The Balaban J connectivity index is 1.91. The van der Waals surface area contributed by atoms with Crippen molar-refractivity contribution in [3.63, 3.8) is 0 Å². The summed E-state index contributed by atoms with van der Waals surface area (Å²) in [5.74, 6) is 0.608. The van der Waals surface area contributed by atoms with E-state index in [0.29, 0.717) is 11.6 Å². The third-order valence-corrected chi connectivity index (χ3v) is 3.67. The zero-order valence-electron chi connectivity index (χ0n) is 12.3. The zero-order valence-corrected chi connectivity index (χ0v) is 12.3. The summed E-state index contributed by atoms with van der Waals surface area (Å²) >= 11 is 0. The summed E-state index contributed by atoms with van der Waals surface area (Å²) in [6, 6.07) is 3.70. The molecule has 2 rings (SSSR count). The van der Waals surface area contributed by atoms with Gasteiger partial charge >= 0.3 is 0 Å². The van der Waals surface area contributed by atoms with Crippen LogP contribution < -0.4 is 5.32 Å². The highest BCUT2D eigenvalue weighted by atomic mass is 16.5. The predicted octanol–water partition coefficient (Wildman–Crippen LogP) is 2.01. The Labute approximate surface area is 120 Å². The maximum atomic E-state index is 12.3. The van der Waals surface area contributed by atoms with E-state index in [2.05, 4.69) is 10.3 Å². The molecule has 1 aromatic heterocycles. The Hall–Kier alpha value is -1.62. The summed E-state index contributed by atoms with van der Waals surface area (Å²) in [5, 5.41) is 3.17. The first-order valence-corrected chi connectivity index (χ1v) is 7.22. The summed E-state index contributed by atoms with van der Waals surface area (Å²) in [7, 11) is 1.73. The molecule has 0 bridgehead atoms. The lowest BCUT2D eigenvalue weighted by Crippen LogP contribution is -2.39. The largest absolute Gasteiger partial charge is 0.384 e. The lowest BCUT2D eigenvalue weighted by atomic mass is 9.97. The number of anilines is 1. The number of likely N-dealkylation sites (tertiary alicyclic amines) is 1. The molecule has 5 heteroatoms. The lowest BCUT2D eigenvalue weighted by Gasteiger charge is -2.31. The Morgan fingerprint density at radius 3 is 2.75 bits per heavy atom. The fourth-order valence-electron chi connectivity index (χ4n) is 2.53. The molecule has 1 amide bonds. The fraction of sp³-hybridized carbons (Fsp3) is 0.600. The van der Waals surface area contributed by atoms with E-state index in [1.54, 1.807) is 19.4 Å². The van der Waals surface area contributed by atoms with Gasteiger partial charge in [-0.15, -0.1) is 0 Å². The molecule has 5 nitrogen and oxygen atoms in total. The summed E-state index contributed by atoms with van der Waals surface area (Å²) < 4.78 is 5.18. The SMILES string of the molecule is CCNc1ccc(C(=O)N2CCC(COC)CC2)nc1. The molecule has 0 unspecified atom stereocenters. The van der Waals surface area contributed by atoms with Crippen molar-refractivity contribution in [1.82, 2.24) is 9.88 Å². The first-order valence-electron chi connectivity index (χ1n) is 7.22. The van der Waals surface area contributed by atoms with Crippen molar-refractivity contribution >= 4 is 11.6 Å². The molecule has 0 saturated carbocycles. The number of ether oxygens (including phenoxy) is 1. The van der Waals surface area contributed by atoms with E-state index in [-0.39, 0.29) is 5.91 Å². The Morgan fingerprint density at radius 2 is 2.20 bits per heavy atom. The van der Waals surface area contributed by atoms with Crippen molar-refractivity contribution in [2.45, 2.75) is 19.8 Å². The van der Waals surface area contributed by atoms with Crippen molar-refractivity contribution in [3.05, 3.63) is 24.0 Å². The molecule has 0 atom stereocenters. The van der Waals surface area contributed by atoms with E-state index in [1.165, 1.54) is 0 Å². The van der Waals surface area contributed by atoms with Gasteiger partial charge in [-0.2, -0.15) is 0 Å². The predicted molar refractivity (Wildman–Crippen MR) is 78.9 cm³/mol. The van der Waals surface area contributed by atoms with E-state index >= 15 is 0 Å². The lowest BCUT2D eigenvalue weighted by molar-refractivity contribution is 0.0608. The molecular formula is C15H23N3O2. The molecule has 0 aromatic carbocycles. The Kier molecular flexibility index (Phi) is 5.35. The third-order valence-electron chi connectivity index (χ3n) is 3.67. The minimum Gasteiger partial charge on any atom is -0.384 e. The molecule has 1 fully saturated rings. The number of methoxy groups -OCH3 is 1. The molecule has 110 valence electrons. The van der Waals surface area contributed by atoms with Crippen molar-refractivity contribution in [2.24, 2.45) is 5.92 Å². The minimum absolute atomic E-state index is 0.0314. The van der Waals surface area contributed by atoms with Gasteiger partial charge in [0, 0.05) is 33.4 Å². The fourth-order valence-corrected chi connectivity index (χ4v) is 2.53. The number of carbonyl (C=O) groups is 1. The van der Waals surface area contributed by atoms with Crippen LogP contribution in [0.3, 0.4) is 0 Å². The van der Waals surface area contributed by atoms with Crippen molar-refractivity contribution in [3.8, 4) is 0 Å². The maximum absolute atomic E-state index is 12.3.